The van der Waals surface area contributed by atoms with Crippen LogP contribution in [-0.4, -0.2) is 17.3 Å². The number of hydrogen-bond acceptors (Lipinski definition) is 3. The van der Waals surface area contributed by atoms with Crippen molar-refractivity contribution in [3.63, 3.8) is 0 Å². The maximum atomic E-state index is 10.7. The Bertz CT molecular complexity index is 151. The molecule has 0 aliphatic heterocycles. The standard InChI is InChI=1S/C7H11NO2/c1-4(8)7(5(2)9)6(3)10/h7-8H,1-3H3. The second kappa shape index (κ2) is 3.25. The van der Waals surface area contributed by atoms with Crippen LogP contribution < -0.4 is 0 Å². The molecule has 1 N–H and O–H groups in total. The summed E-state index contributed by atoms with van der Waals surface area (Å²) in [6.07, 6.45) is 0. The zero-order valence-electron chi connectivity index (χ0n) is 6.39. The molecule has 0 aromatic rings. The van der Waals surface area contributed by atoms with E-state index in [2.05, 4.69) is 0 Å². The molecule has 0 amide bonds. The van der Waals surface area contributed by atoms with Gasteiger partial charge in [-0.2, -0.15) is 0 Å². The smallest absolute Gasteiger partial charge is 0.145 e. The Kier molecular flexibility index (Phi) is 2.93. The minimum atomic E-state index is -0.806. The zero-order valence-corrected chi connectivity index (χ0v) is 6.39. The highest BCUT2D eigenvalue weighted by molar-refractivity contribution is 6.18. The molecule has 3 nitrogen and oxygen atoms in total. The van der Waals surface area contributed by atoms with Gasteiger partial charge in [0.1, 0.15) is 17.5 Å². The Morgan fingerprint density at radius 1 is 1.10 bits per heavy atom. The fraction of sp³-hybridized carbons (Fsp3) is 0.571. The number of hydrogen-bond donors (Lipinski definition) is 1. The molecule has 0 saturated carbocycles. The van der Waals surface area contributed by atoms with Gasteiger partial charge in [0.05, 0.1) is 0 Å². The number of carbonyl (C=O) groups excluding carboxylic acids is 2. The summed E-state index contributed by atoms with van der Waals surface area (Å²) in [4.78, 5) is 21.3. The Balaban J connectivity index is 4.43. The molecule has 10 heavy (non-hydrogen) atoms. The molecule has 0 rings (SSSR count). The molecule has 0 fully saturated rings. The third-order valence-corrected chi connectivity index (χ3v) is 1.25. The summed E-state index contributed by atoms with van der Waals surface area (Å²) in [5, 5.41) is 7.07. The Morgan fingerprint density at radius 2 is 1.40 bits per heavy atom. The molecule has 0 aromatic carbocycles. The van der Waals surface area contributed by atoms with Gasteiger partial charge in [-0.3, -0.25) is 9.59 Å². The average molecular weight is 141 g/mol. The van der Waals surface area contributed by atoms with Crippen LogP contribution in [0.4, 0.5) is 0 Å². The second-order valence-electron chi connectivity index (χ2n) is 2.34. The molecular weight excluding hydrogens is 130 g/mol. The fourth-order valence-electron chi connectivity index (χ4n) is 0.896. The number of Topliss-reactive ketones (excluding diaryl/α,β-unsaturated/α-hetero) is 2. The molecule has 0 spiro atoms. The first kappa shape index (κ1) is 9.01. The Hall–Kier alpha value is -0.990. The minimum absolute atomic E-state index is 0.125. The molecule has 0 bridgehead atoms. The monoisotopic (exact) mass is 141 g/mol. The molecule has 0 atom stereocenters. The summed E-state index contributed by atoms with van der Waals surface area (Å²) >= 11 is 0. The SMILES string of the molecule is CC(=N)C(C(C)=O)C(C)=O. The maximum Gasteiger partial charge on any atom is 0.145 e. The van der Waals surface area contributed by atoms with Crippen molar-refractivity contribution >= 4 is 17.3 Å². The zero-order chi connectivity index (χ0) is 8.31. The minimum Gasteiger partial charge on any atom is -0.309 e. The number of ketones is 2. The summed E-state index contributed by atoms with van der Waals surface area (Å²) in [6.45, 7) is 4.11. The quantitative estimate of drug-likeness (QED) is 0.467. The lowest BCUT2D eigenvalue weighted by Crippen LogP contribution is -2.25. The van der Waals surface area contributed by atoms with E-state index in [4.69, 9.17) is 5.41 Å². The first-order valence-electron chi connectivity index (χ1n) is 3.02. The highest BCUT2D eigenvalue weighted by Crippen LogP contribution is 2.01. The predicted octanol–water partition coefficient (Wildman–Crippen LogP) is 0.820. The van der Waals surface area contributed by atoms with Crippen molar-refractivity contribution in [2.75, 3.05) is 0 Å². The van der Waals surface area contributed by atoms with Gasteiger partial charge in [0.15, 0.2) is 0 Å². The van der Waals surface area contributed by atoms with E-state index in [9.17, 15) is 9.59 Å². The largest absolute Gasteiger partial charge is 0.309 e. The van der Waals surface area contributed by atoms with Gasteiger partial charge in [0.25, 0.3) is 0 Å². The van der Waals surface area contributed by atoms with Crippen LogP contribution in [-0.2, 0) is 9.59 Å². The highest BCUT2D eigenvalue weighted by Gasteiger charge is 2.20. The highest BCUT2D eigenvalue weighted by atomic mass is 16.1. The van der Waals surface area contributed by atoms with E-state index in [0.717, 1.165) is 0 Å². The molecule has 56 valence electrons. The Labute approximate surface area is 59.9 Å². The lowest BCUT2D eigenvalue weighted by molar-refractivity contribution is -0.127. The van der Waals surface area contributed by atoms with Crippen molar-refractivity contribution in [3.8, 4) is 0 Å². The van der Waals surface area contributed by atoms with Crippen LogP contribution in [0, 0.1) is 11.3 Å². The lowest BCUT2D eigenvalue weighted by Gasteiger charge is -2.05. The van der Waals surface area contributed by atoms with Crippen LogP contribution >= 0.6 is 0 Å². The van der Waals surface area contributed by atoms with Crippen molar-refractivity contribution < 1.29 is 9.59 Å². The normalized spacial score (nSPS) is 9.60. The van der Waals surface area contributed by atoms with Crippen LogP contribution in [0.1, 0.15) is 20.8 Å². The van der Waals surface area contributed by atoms with Gasteiger partial charge in [0.2, 0.25) is 0 Å². The van der Waals surface area contributed by atoms with Crippen molar-refractivity contribution in [2.45, 2.75) is 20.8 Å². The van der Waals surface area contributed by atoms with Gasteiger partial charge in [-0.1, -0.05) is 0 Å². The van der Waals surface area contributed by atoms with Crippen LogP contribution in [0.15, 0.2) is 0 Å². The van der Waals surface area contributed by atoms with Gasteiger partial charge in [-0.05, 0) is 20.8 Å². The van der Waals surface area contributed by atoms with E-state index in [1.165, 1.54) is 20.8 Å². The van der Waals surface area contributed by atoms with Gasteiger partial charge < -0.3 is 5.41 Å². The van der Waals surface area contributed by atoms with Gasteiger partial charge in [-0.25, -0.2) is 0 Å². The van der Waals surface area contributed by atoms with Gasteiger partial charge in [-0.15, -0.1) is 0 Å². The van der Waals surface area contributed by atoms with E-state index in [-0.39, 0.29) is 17.3 Å². The van der Waals surface area contributed by atoms with Crippen LogP contribution in [0.25, 0.3) is 0 Å². The van der Waals surface area contributed by atoms with Crippen LogP contribution in [0.3, 0.4) is 0 Å². The number of nitrogens with one attached hydrogen (secondary N) is 1. The third kappa shape index (κ3) is 2.09. The average Bonchev–Trinajstić information content (AvgIpc) is 1.59. The van der Waals surface area contributed by atoms with E-state index in [1.807, 2.05) is 0 Å². The summed E-state index contributed by atoms with van der Waals surface area (Å²) in [7, 11) is 0. The Morgan fingerprint density at radius 3 is 1.40 bits per heavy atom. The molecular formula is C7H11NO2. The van der Waals surface area contributed by atoms with E-state index in [0.29, 0.717) is 0 Å². The summed E-state index contributed by atoms with van der Waals surface area (Å²) in [5.41, 5.74) is 0.125. The molecule has 0 aliphatic rings. The van der Waals surface area contributed by atoms with Crippen LogP contribution in [0.5, 0.6) is 0 Å². The second-order valence-corrected chi connectivity index (χ2v) is 2.34. The first-order valence-corrected chi connectivity index (χ1v) is 3.02. The summed E-state index contributed by atoms with van der Waals surface area (Å²) in [6, 6.07) is 0. The van der Waals surface area contributed by atoms with Crippen molar-refractivity contribution in [1.82, 2.24) is 0 Å². The van der Waals surface area contributed by atoms with Gasteiger partial charge >= 0.3 is 0 Å². The van der Waals surface area contributed by atoms with Crippen molar-refractivity contribution in [3.05, 3.63) is 0 Å². The molecule has 0 unspecified atom stereocenters. The van der Waals surface area contributed by atoms with E-state index in [1.54, 1.807) is 0 Å². The molecule has 0 radical (unpaired) electrons. The number of carbonyl (C=O) groups is 2. The molecule has 0 aromatic heterocycles. The molecule has 0 saturated heterocycles. The molecule has 0 heterocycles. The maximum absolute atomic E-state index is 10.7. The molecule has 0 aliphatic carbocycles. The van der Waals surface area contributed by atoms with E-state index < -0.39 is 5.92 Å². The molecule has 3 heteroatoms. The van der Waals surface area contributed by atoms with Gasteiger partial charge in [0, 0.05) is 5.71 Å². The first-order chi connectivity index (χ1) is 4.46. The van der Waals surface area contributed by atoms with Crippen LogP contribution in [0.2, 0.25) is 0 Å². The lowest BCUT2D eigenvalue weighted by atomic mass is 9.96. The number of rotatable bonds is 3. The third-order valence-electron chi connectivity index (χ3n) is 1.25. The topological polar surface area (TPSA) is 58.0 Å². The predicted molar refractivity (Wildman–Crippen MR) is 38.3 cm³/mol. The summed E-state index contributed by atoms with van der Waals surface area (Å²) < 4.78 is 0. The van der Waals surface area contributed by atoms with Crippen molar-refractivity contribution in [2.24, 2.45) is 5.92 Å². The fourth-order valence-corrected chi connectivity index (χ4v) is 0.896. The summed E-state index contributed by atoms with van der Waals surface area (Å²) in [5.74, 6) is -1.31. The van der Waals surface area contributed by atoms with E-state index >= 15 is 0 Å². The van der Waals surface area contributed by atoms with Crippen molar-refractivity contribution in [1.29, 1.82) is 5.41 Å².